The number of amides is 1. The van der Waals surface area contributed by atoms with Gasteiger partial charge in [0.2, 0.25) is 5.95 Å². The van der Waals surface area contributed by atoms with Crippen molar-refractivity contribution in [3.05, 3.63) is 78.1 Å². The summed E-state index contributed by atoms with van der Waals surface area (Å²) in [7, 11) is 1.66. The summed E-state index contributed by atoms with van der Waals surface area (Å²) in [5, 5.41) is 6.25. The first kappa shape index (κ1) is 20.8. The van der Waals surface area contributed by atoms with E-state index in [9.17, 15) is 4.79 Å². The Balaban J connectivity index is 1.42. The molecule has 0 unspecified atom stereocenters. The number of carbonyl (C=O) groups excluding carboxylic acids is 1. The second-order valence-electron chi connectivity index (χ2n) is 7.58. The van der Waals surface area contributed by atoms with Gasteiger partial charge in [0.25, 0.3) is 5.91 Å². The van der Waals surface area contributed by atoms with Gasteiger partial charge < -0.3 is 20.1 Å². The molecule has 1 fully saturated rings. The number of aromatic nitrogens is 2. The molecule has 2 aromatic carbocycles. The number of nitrogens with one attached hydrogen (secondary N) is 2. The minimum absolute atomic E-state index is 0.0955. The van der Waals surface area contributed by atoms with Crippen LogP contribution in [0.1, 0.15) is 28.8 Å². The maximum Gasteiger partial charge on any atom is 0.251 e. The molecule has 0 aliphatic carbocycles. The van der Waals surface area contributed by atoms with Crippen LogP contribution in [0.3, 0.4) is 0 Å². The highest BCUT2D eigenvalue weighted by molar-refractivity contribution is 5.94. The normalized spacial score (nSPS) is 15.1. The van der Waals surface area contributed by atoms with Crippen molar-refractivity contribution in [2.75, 3.05) is 32.2 Å². The summed E-state index contributed by atoms with van der Waals surface area (Å²) >= 11 is 0. The van der Waals surface area contributed by atoms with Gasteiger partial charge in [-0.15, -0.1) is 0 Å². The number of nitrogens with zero attached hydrogens (tertiary/aromatic N) is 2. The highest BCUT2D eigenvalue weighted by Gasteiger charge is 2.35. The molecule has 0 atom stereocenters. The second kappa shape index (κ2) is 9.57. The average molecular weight is 418 g/mol. The Morgan fingerprint density at radius 1 is 1.03 bits per heavy atom. The lowest BCUT2D eigenvalue weighted by Crippen LogP contribution is -2.44. The zero-order valence-electron chi connectivity index (χ0n) is 17.5. The molecule has 0 spiro atoms. The minimum atomic E-state index is -0.147. The molecule has 1 amide bonds. The Kier molecular flexibility index (Phi) is 6.43. The largest absolute Gasteiger partial charge is 0.497 e. The van der Waals surface area contributed by atoms with E-state index in [0.29, 0.717) is 31.3 Å². The monoisotopic (exact) mass is 418 g/mol. The molecule has 160 valence electrons. The molecule has 1 aliphatic rings. The van der Waals surface area contributed by atoms with E-state index in [1.807, 2.05) is 24.3 Å². The number of carbonyl (C=O) groups is 1. The third kappa shape index (κ3) is 5.00. The van der Waals surface area contributed by atoms with E-state index in [4.69, 9.17) is 9.47 Å². The van der Waals surface area contributed by atoms with Crippen molar-refractivity contribution in [2.24, 2.45) is 0 Å². The Hall–Kier alpha value is -3.45. The van der Waals surface area contributed by atoms with Crippen LogP contribution in [0.2, 0.25) is 0 Å². The molecule has 4 rings (SSSR count). The first-order valence-electron chi connectivity index (χ1n) is 10.3. The molecule has 1 aromatic heterocycles. The summed E-state index contributed by atoms with van der Waals surface area (Å²) < 4.78 is 10.9. The predicted octanol–water partition coefficient (Wildman–Crippen LogP) is 3.71. The fourth-order valence-electron chi connectivity index (χ4n) is 3.82. The van der Waals surface area contributed by atoms with Crippen molar-refractivity contribution in [1.29, 1.82) is 0 Å². The van der Waals surface area contributed by atoms with Gasteiger partial charge in [-0.2, -0.15) is 0 Å². The van der Waals surface area contributed by atoms with Crippen LogP contribution in [-0.4, -0.2) is 42.7 Å². The van der Waals surface area contributed by atoms with Crippen molar-refractivity contribution in [3.63, 3.8) is 0 Å². The fourth-order valence-corrected chi connectivity index (χ4v) is 3.82. The Labute approximate surface area is 181 Å². The van der Waals surface area contributed by atoms with Crippen LogP contribution < -0.4 is 15.4 Å². The van der Waals surface area contributed by atoms with E-state index in [2.05, 4.69) is 32.7 Å². The van der Waals surface area contributed by atoms with E-state index in [-0.39, 0.29) is 11.3 Å². The number of hydrogen-bond donors (Lipinski definition) is 2. The lowest BCUT2D eigenvalue weighted by Gasteiger charge is -2.38. The molecule has 0 saturated carbocycles. The summed E-state index contributed by atoms with van der Waals surface area (Å²) in [6.07, 6.45) is 5.07. The fraction of sp³-hybridized carbons (Fsp3) is 0.292. The maximum absolute atomic E-state index is 12.8. The molecule has 31 heavy (non-hydrogen) atoms. The van der Waals surface area contributed by atoms with E-state index in [1.165, 1.54) is 5.56 Å². The first-order chi connectivity index (χ1) is 15.2. The summed E-state index contributed by atoms with van der Waals surface area (Å²) in [6, 6.07) is 17.2. The molecule has 1 aliphatic heterocycles. The zero-order valence-corrected chi connectivity index (χ0v) is 17.5. The molecular formula is C24H26N4O3. The molecule has 0 bridgehead atoms. The number of ether oxygens (including phenoxy) is 2. The van der Waals surface area contributed by atoms with Crippen molar-refractivity contribution in [2.45, 2.75) is 18.3 Å². The van der Waals surface area contributed by atoms with Gasteiger partial charge in [0.1, 0.15) is 5.75 Å². The third-order valence-corrected chi connectivity index (χ3v) is 5.71. The van der Waals surface area contributed by atoms with E-state index < -0.39 is 0 Å². The number of rotatable bonds is 7. The van der Waals surface area contributed by atoms with Gasteiger partial charge in [-0.1, -0.05) is 12.1 Å². The van der Waals surface area contributed by atoms with Crippen molar-refractivity contribution in [1.82, 2.24) is 15.3 Å². The Morgan fingerprint density at radius 2 is 1.71 bits per heavy atom. The van der Waals surface area contributed by atoms with Gasteiger partial charge in [0, 0.05) is 48.8 Å². The Morgan fingerprint density at radius 3 is 2.35 bits per heavy atom. The van der Waals surface area contributed by atoms with Crippen molar-refractivity contribution < 1.29 is 14.3 Å². The van der Waals surface area contributed by atoms with Crippen LogP contribution in [0.15, 0.2) is 67.0 Å². The van der Waals surface area contributed by atoms with Gasteiger partial charge in [0.15, 0.2) is 0 Å². The van der Waals surface area contributed by atoms with Gasteiger partial charge in [-0.25, -0.2) is 9.97 Å². The quantitative estimate of drug-likeness (QED) is 0.609. The van der Waals surface area contributed by atoms with Crippen molar-refractivity contribution in [3.8, 4) is 5.75 Å². The van der Waals surface area contributed by atoms with Gasteiger partial charge in [-0.05, 0) is 60.9 Å². The van der Waals surface area contributed by atoms with E-state index >= 15 is 0 Å². The molecule has 7 heteroatoms. The lowest BCUT2D eigenvalue weighted by atomic mass is 9.74. The van der Waals surface area contributed by atoms with Gasteiger partial charge >= 0.3 is 0 Å². The molecular weight excluding hydrogens is 392 g/mol. The Bertz CT molecular complexity index is 986. The van der Waals surface area contributed by atoms with Crippen LogP contribution >= 0.6 is 0 Å². The number of benzene rings is 2. The predicted molar refractivity (Wildman–Crippen MR) is 119 cm³/mol. The molecule has 2 heterocycles. The van der Waals surface area contributed by atoms with Crippen LogP contribution in [0.25, 0.3) is 0 Å². The summed E-state index contributed by atoms with van der Waals surface area (Å²) in [6.45, 7) is 1.92. The number of hydrogen-bond acceptors (Lipinski definition) is 6. The zero-order chi connectivity index (χ0) is 21.5. The molecule has 1 saturated heterocycles. The first-order valence-corrected chi connectivity index (χ1v) is 10.3. The standard InChI is InChI=1S/C24H26N4O3/c1-30-21-9-5-19(6-10-21)24(11-15-31-16-12-24)17-27-22(29)18-3-7-20(8-4-18)28-23-25-13-2-14-26-23/h2-10,13-14H,11-12,15-17H2,1H3,(H,27,29)(H,25,26,28). The van der Waals surface area contributed by atoms with Crippen LogP contribution in [0, 0.1) is 0 Å². The van der Waals surface area contributed by atoms with E-state index in [1.54, 1.807) is 37.7 Å². The maximum atomic E-state index is 12.8. The molecule has 3 aromatic rings. The summed E-state index contributed by atoms with van der Waals surface area (Å²) in [5.41, 5.74) is 2.48. The topological polar surface area (TPSA) is 85.4 Å². The van der Waals surface area contributed by atoms with Crippen LogP contribution in [0.4, 0.5) is 11.6 Å². The summed E-state index contributed by atoms with van der Waals surface area (Å²) in [5.74, 6) is 1.24. The smallest absolute Gasteiger partial charge is 0.251 e. The average Bonchev–Trinajstić information content (AvgIpc) is 2.84. The molecule has 2 N–H and O–H groups in total. The minimum Gasteiger partial charge on any atom is -0.497 e. The second-order valence-corrected chi connectivity index (χ2v) is 7.58. The van der Waals surface area contributed by atoms with Gasteiger partial charge in [-0.3, -0.25) is 4.79 Å². The third-order valence-electron chi connectivity index (χ3n) is 5.71. The highest BCUT2D eigenvalue weighted by Crippen LogP contribution is 2.35. The van der Waals surface area contributed by atoms with E-state index in [0.717, 1.165) is 24.3 Å². The molecule has 0 radical (unpaired) electrons. The van der Waals surface area contributed by atoms with Crippen LogP contribution in [-0.2, 0) is 10.2 Å². The lowest BCUT2D eigenvalue weighted by molar-refractivity contribution is 0.0487. The van der Waals surface area contributed by atoms with Crippen molar-refractivity contribution >= 4 is 17.5 Å². The molecule has 7 nitrogen and oxygen atoms in total. The van der Waals surface area contributed by atoms with Crippen LogP contribution in [0.5, 0.6) is 5.75 Å². The highest BCUT2D eigenvalue weighted by atomic mass is 16.5. The number of anilines is 2. The number of methoxy groups -OCH3 is 1. The summed E-state index contributed by atoms with van der Waals surface area (Å²) in [4.78, 5) is 21.1. The van der Waals surface area contributed by atoms with Gasteiger partial charge in [0.05, 0.1) is 7.11 Å². The SMILES string of the molecule is COc1ccc(C2(CNC(=O)c3ccc(Nc4ncccn4)cc3)CCOCC2)cc1.